The number of hydrogen-bond acceptors (Lipinski definition) is 2. The SMILES string of the molecule is Cc1cccc(C(CF)N=C=O)c1. The molecule has 1 aromatic carbocycles. The number of carbonyl (C=O) groups excluding carboxylic acids is 1. The van der Waals surface area contributed by atoms with Crippen molar-refractivity contribution in [1.29, 1.82) is 0 Å². The number of aliphatic imine (C=N–C) groups is 1. The Morgan fingerprint density at radius 2 is 2.38 bits per heavy atom. The molecule has 0 fully saturated rings. The highest BCUT2D eigenvalue weighted by atomic mass is 19.1. The molecular formula is C10H10FNO. The maximum absolute atomic E-state index is 12.4. The average Bonchev–Trinajstić information content (AvgIpc) is 2.14. The molecule has 0 aliphatic heterocycles. The molecule has 13 heavy (non-hydrogen) atoms. The van der Waals surface area contributed by atoms with Gasteiger partial charge in [-0.2, -0.15) is 4.99 Å². The predicted molar refractivity (Wildman–Crippen MR) is 48.0 cm³/mol. The fourth-order valence-electron chi connectivity index (χ4n) is 1.14. The third-order valence-corrected chi connectivity index (χ3v) is 1.78. The quantitative estimate of drug-likeness (QED) is 0.517. The molecule has 0 saturated carbocycles. The van der Waals surface area contributed by atoms with Crippen LogP contribution in [-0.2, 0) is 4.79 Å². The van der Waals surface area contributed by atoms with E-state index in [1.807, 2.05) is 25.1 Å². The van der Waals surface area contributed by atoms with Crippen LogP contribution in [-0.4, -0.2) is 12.8 Å². The molecule has 2 nitrogen and oxygen atoms in total. The van der Waals surface area contributed by atoms with Gasteiger partial charge in [0.05, 0.1) is 0 Å². The third kappa shape index (κ3) is 2.49. The number of alkyl halides is 1. The molecule has 1 rings (SSSR count). The summed E-state index contributed by atoms with van der Waals surface area (Å²) in [7, 11) is 0. The van der Waals surface area contributed by atoms with Crippen LogP contribution in [0, 0.1) is 6.92 Å². The lowest BCUT2D eigenvalue weighted by Gasteiger charge is -2.06. The van der Waals surface area contributed by atoms with E-state index in [-0.39, 0.29) is 0 Å². The molecule has 0 N–H and O–H groups in total. The molecule has 0 aliphatic carbocycles. The first kappa shape index (κ1) is 9.62. The van der Waals surface area contributed by atoms with E-state index in [0.717, 1.165) is 5.56 Å². The topological polar surface area (TPSA) is 29.4 Å². The Balaban J connectivity index is 2.97. The Bertz CT molecular complexity index is 331. The number of rotatable bonds is 3. The summed E-state index contributed by atoms with van der Waals surface area (Å²) in [5, 5.41) is 0. The molecule has 0 bridgehead atoms. The number of nitrogens with zero attached hydrogens (tertiary/aromatic N) is 1. The largest absolute Gasteiger partial charge is 0.248 e. The highest BCUT2D eigenvalue weighted by Crippen LogP contribution is 2.18. The molecule has 0 saturated heterocycles. The smallest absolute Gasteiger partial charge is 0.235 e. The second-order valence-electron chi connectivity index (χ2n) is 2.80. The number of benzene rings is 1. The molecule has 0 aliphatic rings. The van der Waals surface area contributed by atoms with Gasteiger partial charge in [0.2, 0.25) is 6.08 Å². The van der Waals surface area contributed by atoms with Crippen molar-refractivity contribution in [3.05, 3.63) is 35.4 Å². The van der Waals surface area contributed by atoms with Crippen LogP contribution in [0.5, 0.6) is 0 Å². The summed E-state index contributed by atoms with van der Waals surface area (Å²) in [6.07, 6.45) is 1.37. The predicted octanol–water partition coefficient (Wildman–Crippen LogP) is 2.34. The summed E-state index contributed by atoms with van der Waals surface area (Å²) < 4.78 is 12.4. The van der Waals surface area contributed by atoms with Crippen LogP contribution >= 0.6 is 0 Å². The normalized spacial score (nSPS) is 11.8. The first-order valence-electron chi connectivity index (χ1n) is 3.97. The fourth-order valence-corrected chi connectivity index (χ4v) is 1.14. The highest BCUT2D eigenvalue weighted by molar-refractivity contribution is 5.36. The van der Waals surface area contributed by atoms with Gasteiger partial charge >= 0.3 is 0 Å². The fraction of sp³-hybridized carbons (Fsp3) is 0.300. The maximum atomic E-state index is 12.4. The molecule has 1 unspecified atom stereocenters. The zero-order chi connectivity index (χ0) is 9.68. The van der Waals surface area contributed by atoms with Crippen LogP contribution in [0.15, 0.2) is 29.3 Å². The summed E-state index contributed by atoms with van der Waals surface area (Å²) in [5.41, 5.74) is 1.74. The van der Waals surface area contributed by atoms with Crippen molar-refractivity contribution in [1.82, 2.24) is 0 Å². The summed E-state index contributed by atoms with van der Waals surface area (Å²) in [5.74, 6) is 0. The van der Waals surface area contributed by atoms with Gasteiger partial charge in [-0.15, -0.1) is 0 Å². The van der Waals surface area contributed by atoms with Crippen molar-refractivity contribution in [3.63, 3.8) is 0 Å². The second kappa shape index (κ2) is 4.53. The molecule has 0 spiro atoms. The molecule has 1 atom stereocenters. The van der Waals surface area contributed by atoms with Gasteiger partial charge in [-0.1, -0.05) is 29.8 Å². The van der Waals surface area contributed by atoms with E-state index in [1.165, 1.54) is 6.08 Å². The van der Waals surface area contributed by atoms with E-state index < -0.39 is 12.7 Å². The van der Waals surface area contributed by atoms with Crippen LogP contribution in [0.4, 0.5) is 4.39 Å². The molecule has 0 radical (unpaired) electrons. The minimum atomic E-state index is -0.697. The van der Waals surface area contributed by atoms with E-state index in [9.17, 15) is 9.18 Å². The van der Waals surface area contributed by atoms with Gasteiger partial charge in [0, 0.05) is 0 Å². The summed E-state index contributed by atoms with van der Waals surface area (Å²) in [6, 6.07) is 6.58. The van der Waals surface area contributed by atoms with E-state index in [1.54, 1.807) is 6.07 Å². The van der Waals surface area contributed by atoms with Crippen molar-refractivity contribution in [2.45, 2.75) is 13.0 Å². The van der Waals surface area contributed by atoms with Crippen molar-refractivity contribution in [2.24, 2.45) is 4.99 Å². The number of aryl methyl sites for hydroxylation is 1. The number of isocyanates is 1. The van der Waals surface area contributed by atoms with Crippen LogP contribution in [0.25, 0.3) is 0 Å². The number of hydrogen-bond donors (Lipinski definition) is 0. The van der Waals surface area contributed by atoms with Gasteiger partial charge in [0.1, 0.15) is 12.7 Å². The van der Waals surface area contributed by atoms with Gasteiger partial charge in [-0.25, -0.2) is 9.18 Å². The van der Waals surface area contributed by atoms with Gasteiger partial charge < -0.3 is 0 Å². The molecule has 68 valence electrons. The summed E-state index contributed by atoms with van der Waals surface area (Å²) in [6.45, 7) is 1.24. The highest BCUT2D eigenvalue weighted by Gasteiger charge is 2.08. The lowest BCUT2D eigenvalue weighted by molar-refractivity contribution is 0.435. The lowest BCUT2D eigenvalue weighted by atomic mass is 10.1. The minimum absolute atomic E-state index is 0.668. The lowest BCUT2D eigenvalue weighted by Crippen LogP contribution is -1.97. The van der Waals surface area contributed by atoms with Crippen molar-refractivity contribution in [2.75, 3.05) is 6.67 Å². The monoisotopic (exact) mass is 179 g/mol. The third-order valence-electron chi connectivity index (χ3n) is 1.78. The zero-order valence-electron chi connectivity index (χ0n) is 7.33. The minimum Gasteiger partial charge on any atom is -0.248 e. The zero-order valence-corrected chi connectivity index (χ0v) is 7.33. The first-order chi connectivity index (χ1) is 6.27. The van der Waals surface area contributed by atoms with Crippen LogP contribution in [0.3, 0.4) is 0 Å². The Hall–Kier alpha value is -1.47. The molecule has 0 heterocycles. The average molecular weight is 179 g/mol. The van der Waals surface area contributed by atoms with Gasteiger partial charge in [-0.3, -0.25) is 0 Å². The maximum Gasteiger partial charge on any atom is 0.235 e. The summed E-state index contributed by atoms with van der Waals surface area (Å²) in [4.78, 5) is 13.3. The van der Waals surface area contributed by atoms with Gasteiger partial charge in [0.15, 0.2) is 0 Å². The standard InChI is InChI=1S/C10H10FNO/c1-8-3-2-4-9(5-8)10(6-11)12-7-13/h2-5,10H,6H2,1H3. The van der Waals surface area contributed by atoms with E-state index in [4.69, 9.17) is 0 Å². The van der Waals surface area contributed by atoms with E-state index in [0.29, 0.717) is 5.56 Å². The molecule has 1 aromatic rings. The van der Waals surface area contributed by atoms with Crippen molar-refractivity contribution >= 4 is 6.08 Å². The molecule has 0 amide bonds. The van der Waals surface area contributed by atoms with Crippen LogP contribution in [0.2, 0.25) is 0 Å². The second-order valence-corrected chi connectivity index (χ2v) is 2.80. The Kier molecular flexibility index (Phi) is 3.35. The van der Waals surface area contributed by atoms with Gasteiger partial charge in [-0.05, 0) is 12.5 Å². The van der Waals surface area contributed by atoms with Crippen LogP contribution in [0.1, 0.15) is 17.2 Å². The number of halogens is 1. The Morgan fingerprint density at radius 3 is 2.92 bits per heavy atom. The van der Waals surface area contributed by atoms with E-state index in [2.05, 4.69) is 4.99 Å². The van der Waals surface area contributed by atoms with Crippen molar-refractivity contribution < 1.29 is 9.18 Å². The van der Waals surface area contributed by atoms with E-state index >= 15 is 0 Å². The molecule has 3 heteroatoms. The van der Waals surface area contributed by atoms with Crippen LogP contribution < -0.4 is 0 Å². The first-order valence-corrected chi connectivity index (χ1v) is 3.97. The van der Waals surface area contributed by atoms with Crippen molar-refractivity contribution in [3.8, 4) is 0 Å². The molecule has 0 aromatic heterocycles. The van der Waals surface area contributed by atoms with Gasteiger partial charge in [0.25, 0.3) is 0 Å². The Labute approximate surface area is 76.1 Å². The molecular weight excluding hydrogens is 169 g/mol. The summed E-state index contributed by atoms with van der Waals surface area (Å²) >= 11 is 0. The Morgan fingerprint density at radius 1 is 1.62 bits per heavy atom.